The number of nitrogens with zero attached hydrogens (tertiary/aromatic N) is 4. The Labute approximate surface area is 151 Å². The Morgan fingerprint density at radius 1 is 1.16 bits per heavy atom. The zero-order chi connectivity index (χ0) is 17.4. The van der Waals surface area contributed by atoms with Crippen molar-refractivity contribution < 1.29 is 4.79 Å². The molecule has 4 heterocycles. The topological polar surface area (TPSA) is 41.4 Å². The van der Waals surface area contributed by atoms with E-state index < -0.39 is 0 Å². The third kappa shape index (κ3) is 3.14. The number of pyridine rings is 1. The number of thiophene rings is 1. The average Bonchev–Trinajstić information content (AvgIpc) is 3.21. The number of carbonyl (C=O) groups excluding carboxylic acids is 1. The van der Waals surface area contributed by atoms with Crippen LogP contribution >= 0.6 is 11.3 Å². The molecule has 0 N–H and O–H groups in total. The zero-order valence-electron chi connectivity index (χ0n) is 14.6. The lowest BCUT2D eigenvalue weighted by Gasteiger charge is -2.35. The van der Waals surface area contributed by atoms with E-state index in [1.807, 2.05) is 35.4 Å². The summed E-state index contributed by atoms with van der Waals surface area (Å²) in [5.74, 6) is 1.14. The normalized spacial score (nSPS) is 15.3. The second-order valence-electron chi connectivity index (χ2n) is 6.70. The van der Waals surface area contributed by atoms with Crippen molar-refractivity contribution in [3.8, 4) is 0 Å². The van der Waals surface area contributed by atoms with E-state index in [9.17, 15) is 4.79 Å². The summed E-state index contributed by atoms with van der Waals surface area (Å²) in [6.07, 6.45) is 6.08. The van der Waals surface area contributed by atoms with Gasteiger partial charge in [-0.15, -0.1) is 11.3 Å². The number of hydrogen-bond acceptors (Lipinski definition) is 4. The van der Waals surface area contributed by atoms with Gasteiger partial charge >= 0.3 is 0 Å². The van der Waals surface area contributed by atoms with Crippen LogP contribution in [0.15, 0.2) is 42.9 Å². The molecule has 1 aliphatic heterocycles. The van der Waals surface area contributed by atoms with Gasteiger partial charge in [0, 0.05) is 56.2 Å². The summed E-state index contributed by atoms with van der Waals surface area (Å²) in [5, 5.41) is 1.16. The minimum Gasteiger partial charge on any atom is -0.353 e. The van der Waals surface area contributed by atoms with Crippen molar-refractivity contribution in [2.75, 3.05) is 31.1 Å². The van der Waals surface area contributed by atoms with E-state index in [1.165, 1.54) is 4.70 Å². The van der Waals surface area contributed by atoms with Crippen molar-refractivity contribution in [1.29, 1.82) is 0 Å². The van der Waals surface area contributed by atoms with Crippen molar-refractivity contribution in [1.82, 2.24) is 14.5 Å². The minimum absolute atomic E-state index is 0.151. The fourth-order valence-electron chi connectivity index (χ4n) is 3.19. The summed E-state index contributed by atoms with van der Waals surface area (Å²) in [4.78, 5) is 22.3. The summed E-state index contributed by atoms with van der Waals surface area (Å²) in [5.41, 5.74) is 0. The maximum Gasteiger partial charge on any atom is 0.264 e. The maximum atomic E-state index is 12.8. The molecule has 3 aromatic rings. The molecule has 0 bridgehead atoms. The molecule has 1 amide bonds. The third-order valence-corrected chi connectivity index (χ3v) is 5.77. The Balaban J connectivity index is 1.44. The molecular weight excluding hydrogens is 332 g/mol. The molecule has 0 aromatic carbocycles. The van der Waals surface area contributed by atoms with E-state index in [4.69, 9.17) is 0 Å². The van der Waals surface area contributed by atoms with Crippen LogP contribution < -0.4 is 4.90 Å². The van der Waals surface area contributed by atoms with Crippen LogP contribution in [-0.4, -0.2) is 46.5 Å². The van der Waals surface area contributed by atoms with Gasteiger partial charge in [0.05, 0.1) is 9.58 Å². The van der Waals surface area contributed by atoms with E-state index in [2.05, 4.69) is 40.7 Å². The Bertz CT molecular complexity index is 844. The van der Waals surface area contributed by atoms with Crippen LogP contribution in [0.5, 0.6) is 0 Å². The fourth-order valence-corrected chi connectivity index (χ4v) is 4.24. The highest BCUT2D eigenvalue weighted by molar-refractivity contribution is 7.20. The number of piperazine rings is 1. The smallest absolute Gasteiger partial charge is 0.264 e. The number of anilines is 1. The molecule has 4 rings (SSSR count). The van der Waals surface area contributed by atoms with Crippen LogP contribution in [0.4, 0.5) is 5.82 Å². The summed E-state index contributed by atoms with van der Waals surface area (Å²) in [6, 6.07) is 8.42. The quantitative estimate of drug-likeness (QED) is 0.721. The van der Waals surface area contributed by atoms with Crippen LogP contribution in [0.1, 0.15) is 29.6 Å². The van der Waals surface area contributed by atoms with Crippen molar-refractivity contribution in [2.24, 2.45) is 0 Å². The monoisotopic (exact) mass is 354 g/mol. The van der Waals surface area contributed by atoms with Crippen LogP contribution in [0, 0.1) is 0 Å². The van der Waals surface area contributed by atoms with Crippen LogP contribution in [-0.2, 0) is 0 Å². The van der Waals surface area contributed by atoms with Gasteiger partial charge in [0.15, 0.2) is 0 Å². The first kappa shape index (κ1) is 16.1. The number of aromatic nitrogens is 2. The number of hydrogen-bond donors (Lipinski definition) is 0. The first-order valence-corrected chi connectivity index (χ1v) is 9.50. The molecule has 1 saturated heterocycles. The SMILES string of the molecule is CC(C)n1cc2cc(C(=O)N3CCN(c4ccccn4)CC3)sc2c1. The van der Waals surface area contributed by atoms with Crippen molar-refractivity contribution >= 4 is 33.1 Å². The zero-order valence-corrected chi connectivity index (χ0v) is 15.4. The first-order chi connectivity index (χ1) is 12.1. The van der Waals surface area contributed by atoms with E-state index in [0.29, 0.717) is 6.04 Å². The molecule has 0 atom stereocenters. The Morgan fingerprint density at radius 3 is 2.60 bits per heavy atom. The number of rotatable bonds is 3. The lowest BCUT2D eigenvalue weighted by atomic mass is 10.2. The molecular formula is C19H22N4OS. The molecule has 0 radical (unpaired) electrons. The maximum absolute atomic E-state index is 12.8. The van der Waals surface area contributed by atoms with Crippen molar-refractivity contribution in [3.63, 3.8) is 0 Å². The minimum atomic E-state index is 0.151. The van der Waals surface area contributed by atoms with Gasteiger partial charge in [-0.3, -0.25) is 4.79 Å². The van der Waals surface area contributed by atoms with Gasteiger partial charge in [0.25, 0.3) is 5.91 Å². The van der Waals surface area contributed by atoms with Gasteiger partial charge < -0.3 is 14.4 Å². The van der Waals surface area contributed by atoms with Crippen molar-refractivity contribution in [2.45, 2.75) is 19.9 Å². The predicted molar refractivity (Wildman–Crippen MR) is 103 cm³/mol. The molecule has 5 nitrogen and oxygen atoms in total. The second-order valence-corrected chi connectivity index (χ2v) is 7.78. The molecule has 25 heavy (non-hydrogen) atoms. The molecule has 0 unspecified atom stereocenters. The summed E-state index contributed by atoms with van der Waals surface area (Å²) in [6.45, 7) is 7.46. The molecule has 130 valence electrons. The molecule has 0 aliphatic carbocycles. The van der Waals surface area contributed by atoms with Crippen LogP contribution in [0.2, 0.25) is 0 Å². The Kier molecular flexibility index (Phi) is 4.21. The highest BCUT2D eigenvalue weighted by Gasteiger charge is 2.24. The summed E-state index contributed by atoms with van der Waals surface area (Å²) < 4.78 is 3.38. The molecule has 6 heteroatoms. The molecule has 1 fully saturated rings. The van der Waals surface area contributed by atoms with Gasteiger partial charge in [0.1, 0.15) is 5.82 Å². The van der Waals surface area contributed by atoms with Gasteiger partial charge in [-0.05, 0) is 32.0 Å². The lowest BCUT2D eigenvalue weighted by Crippen LogP contribution is -2.48. The van der Waals surface area contributed by atoms with Gasteiger partial charge in [-0.1, -0.05) is 6.07 Å². The Hall–Kier alpha value is -2.34. The van der Waals surface area contributed by atoms with Crippen molar-refractivity contribution in [3.05, 3.63) is 47.7 Å². The summed E-state index contributed by atoms with van der Waals surface area (Å²) >= 11 is 1.60. The third-order valence-electron chi connectivity index (χ3n) is 4.69. The van der Waals surface area contributed by atoms with E-state index in [0.717, 1.165) is 42.3 Å². The summed E-state index contributed by atoms with van der Waals surface area (Å²) in [7, 11) is 0. The van der Waals surface area contributed by atoms with E-state index >= 15 is 0 Å². The highest BCUT2D eigenvalue weighted by Crippen LogP contribution is 2.29. The predicted octanol–water partition coefficient (Wildman–Crippen LogP) is 3.64. The fraction of sp³-hybridized carbons (Fsp3) is 0.368. The molecule has 3 aromatic heterocycles. The van der Waals surface area contributed by atoms with Gasteiger partial charge in [-0.25, -0.2) is 4.98 Å². The second kappa shape index (κ2) is 6.52. The molecule has 0 spiro atoms. The van der Waals surface area contributed by atoms with Gasteiger partial charge in [0.2, 0.25) is 0 Å². The van der Waals surface area contributed by atoms with Gasteiger partial charge in [-0.2, -0.15) is 0 Å². The standard InChI is InChI=1S/C19H22N4OS/c1-14(2)23-12-15-11-16(25-17(15)13-23)19(24)22-9-7-21(8-10-22)18-5-3-4-6-20-18/h3-6,11-14H,7-10H2,1-2H3. The molecule has 1 aliphatic rings. The number of fused-ring (bicyclic) bond motifs is 1. The number of amides is 1. The number of carbonyl (C=O) groups is 1. The first-order valence-electron chi connectivity index (χ1n) is 8.68. The largest absolute Gasteiger partial charge is 0.353 e. The van der Waals surface area contributed by atoms with E-state index in [1.54, 1.807) is 11.3 Å². The lowest BCUT2D eigenvalue weighted by molar-refractivity contribution is 0.0751. The Morgan fingerprint density at radius 2 is 1.96 bits per heavy atom. The van der Waals surface area contributed by atoms with E-state index in [-0.39, 0.29) is 5.91 Å². The van der Waals surface area contributed by atoms with Crippen LogP contribution in [0.3, 0.4) is 0 Å². The van der Waals surface area contributed by atoms with Crippen LogP contribution in [0.25, 0.3) is 10.1 Å². The average molecular weight is 354 g/mol. The molecule has 0 saturated carbocycles. The highest BCUT2D eigenvalue weighted by atomic mass is 32.1.